The molecule has 5 heterocycles. The van der Waals surface area contributed by atoms with E-state index in [0.29, 0.717) is 0 Å². The zero-order valence-corrected chi connectivity index (χ0v) is 33.4. The maximum Gasteiger partial charge on any atom is 0.165 e. The quantitative estimate of drug-likeness (QED) is 0.174. The van der Waals surface area contributed by atoms with E-state index in [4.69, 9.17) is 4.98 Å². The Hall–Kier alpha value is -7.15. The van der Waals surface area contributed by atoms with Crippen molar-refractivity contribution in [1.29, 1.82) is 0 Å². The van der Waals surface area contributed by atoms with E-state index in [1.807, 2.05) is 0 Å². The molecule has 0 atom stereocenters. The third-order valence-electron chi connectivity index (χ3n) is 12.5. The van der Waals surface area contributed by atoms with Gasteiger partial charge < -0.3 is 9.13 Å². The number of hydrogen-bond acceptors (Lipinski definition) is 1. The van der Waals surface area contributed by atoms with Crippen LogP contribution >= 0.6 is 15.9 Å². The van der Waals surface area contributed by atoms with Gasteiger partial charge in [0.1, 0.15) is 11.4 Å². The molecular formula is C53H34BrN5. The summed E-state index contributed by atoms with van der Waals surface area (Å²) in [5, 5.41) is 10.9. The van der Waals surface area contributed by atoms with Crippen molar-refractivity contribution in [3.8, 4) is 23.0 Å². The summed E-state index contributed by atoms with van der Waals surface area (Å²) in [6, 6.07) is 61.4. The number of benzene rings is 7. The van der Waals surface area contributed by atoms with Crippen LogP contribution in [0.2, 0.25) is 0 Å². The van der Waals surface area contributed by atoms with Gasteiger partial charge in [-0.15, -0.1) is 0 Å². The topological polar surface area (TPSA) is 32.6 Å². The molecule has 1 aliphatic rings. The van der Waals surface area contributed by atoms with Crippen molar-refractivity contribution in [3.05, 3.63) is 185 Å². The average molecular weight is 821 g/mol. The lowest BCUT2D eigenvalue weighted by molar-refractivity contribution is 0.927. The molecule has 0 fully saturated rings. The summed E-state index contributed by atoms with van der Waals surface area (Å²) in [6.45, 7) is 0. The van der Waals surface area contributed by atoms with Gasteiger partial charge in [0.05, 0.1) is 43.1 Å². The van der Waals surface area contributed by atoms with Gasteiger partial charge in [-0.05, 0) is 71.2 Å². The number of hydrogen-bond donors (Lipinski definition) is 0. The summed E-state index contributed by atoms with van der Waals surface area (Å²) >= 11 is 4.51. The van der Waals surface area contributed by atoms with Gasteiger partial charge in [-0.25, -0.2) is 4.98 Å². The molecule has 0 aliphatic heterocycles. The first-order valence-electron chi connectivity index (χ1n) is 20.3. The molecule has 0 radical (unpaired) electrons. The second kappa shape index (κ2) is 12.4. The second-order valence-electron chi connectivity index (χ2n) is 15.5. The van der Waals surface area contributed by atoms with Crippen LogP contribution in [0.3, 0.4) is 0 Å². The Balaban J connectivity index is 1.33. The fourth-order valence-electron chi connectivity index (χ4n) is 10.1. The molecule has 0 spiro atoms. The van der Waals surface area contributed by atoms with E-state index in [1.54, 1.807) is 0 Å². The molecule has 1 aliphatic carbocycles. The molecule has 0 N–H and O–H groups in total. The number of nitrogens with zero attached hydrogens (tertiary/aromatic N) is 5. The first-order valence-corrected chi connectivity index (χ1v) is 21.0. The fraction of sp³-hybridized carbons (Fsp3) is 0.0377. The van der Waals surface area contributed by atoms with Gasteiger partial charge in [0.15, 0.2) is 11.6 Å². The first kappa shape index (κ1) is 32.9. The summed E-state index contributed by atoms with van der Waals surface area (Å²) in [4.78, 5) is 6.13. The minimum absolute atomic E-state index is 0.835. The normalized spacial score (nSPS) is 13.0. The third kappa shape index (κ3) is 4.47. The lowest BCUT2D eigenvalue weighted by Gasteiger charge is -2.24. The Morgan fingerprint density at radius 3 is 1.05 bits per heavy atom. The average Bonchev–Trinajstić information content (AvgIpc) is 4.02. The predicted molar refractivity (Wildman–Crippen MR) is 249 cm³/mol. The maximum atomic E-state index is 6.13. The van der Waals surface area contributed by atoms with Crippen LogP contribution in [0.1, 0.15) is 12.8 Å². The second-order valence-corrected chi connectivity index (χ2v) is 16.3. The summed E-state index contributed by atoms with van der Waals surface area (Å²) in [5.41, 5.74) is 9.75. The molecule has 0 saturated carbocycles. The predicted octanol–water partition coefficient (Wildman–Crippen LogP) is 12.4. The molecule has 6 heteroatoms. The number of fused-ring (bicyclic) bond motifs is 12. The summed E-state index contributed by atoms with van der Waals surface area (Å²) < 4.78 is 10.6. The summed E-state index contributed by atoms with van der Waals surface area (Å²) in [6.07, 6.45) is 6.81. The number of para-hydroxylation sites is 7. The Morgan fingerprint density at radius 1 is 0.339 bits per heavy atom. The van der Waals surface area contributed by atoms with E-state index >= 15 is 0 Å². The van der Waals surface area contributed by atoms with Crippen LogP contribution in [-0.2, 0) is 0 Å². The van der Waals surface area contributed by atoms with Crippen LogP contribution < -0.4 is 10.6 Å². The van der Waals surface area contributed by atoms with Crippen LogP contribution in [0.5, 0.6) is 0 Å². The van der Waals surface area contributed by atoms with Crippen molar-refractivity contribution in [2.75, 3.05) is 0 Å². The largest absolute Gasteiger partial charge is 0.305 e. The molecule has 0 saturated heterocycles. The van der Waals surface area contributed by atoms with Gasteiger partial charge in [0, 0.05) is 48.3 Å². The zero-order chi connectivity index (χ0) is 38.8. The van der Waals surface area contributed by atoms with E-state index in [0.717, 1.165) is 78.9 Å². The van der Waals surface area contributed by atoms with Crippen molar-refractivity contribution >= 4 is 104 Å². The molecule has 0 bridgehead atoms. The lowest BCUT2D eigenvalue weighted by atomic mass is 10.1. The Kier molecular flexibility index (Phi) is 6.93. The van der Waals surface area contributed by atoms with Crippen molar-refractivity contribution < 1.29 is 0 Å². The number of pyridine rings is 1. The number of aromatic nitrogens is 5. The first-order chi connectivity index (χ1) is 29.3. The van der Waals surface area contributed by atoms with Gasteiger partial charge in [-0.2, -0.15) is 0 Å². The van der Waals surface area contributed by atoms with Crippen LogP contribution in [0.4, 0.5) is 0 Å². The van der Waals surface area contributed by atoms with Crippen LogP contribution in [0.15, 0.2) is 174 Å². The number of halogens is 1. The smallest absolute Gasteiger partial charge is 0.165 e. The highest BCUT2D eigenvalue weighted by atomic mass is 79.9. The molecule has 0 amide bonds. The van der Waals surface area contributed by atoms with Crippen LogP contribution in [0.25, 0.3) is 111 Å². The molecule has 12 aromatic rings. The van der Waals surface area contributed by atoms with Gasteiger partial charge in [-0.1, -0.05) is 140 Å². The van der Waals surface area contributed by atoms with E-state index < -0.39 is 0 Å². The molecule has 7 aromatic carbocycles. The molecule has 0 unspecified atom stereocenters. The monoisotopic (exact) mass is 819 g/mol. The van der Waals surface area contributed by atoms with E-state index in [-0.39, 0.29) is 0 Å². The van der Waals surface area contributed by atoms with Gasteiger partial charge in [0.2, 0.25) is 0 Å². The van der Waals surface area contributed by atoms with Crippen LogP contribution in [0, 0.1) is 0 Å². The fourth-order valence-corrected chi connectivity index (χ4v) is 10.8. The van der Waals surface area contributed by atoms with Gasteiger partial charge in [-0.3, -0.25) is 9.13 Å². The maximum absolute atomic E-state index is 6.13. The van der Waals surface area contributed by atoms with Crippen molar-refractivity contribution in [3.63, 3.8) is 0 Å². The highest BCUT2D eigenvalue weighted by molar-refractivity contribution is 9.10. The van der Waals surface area contributed by atoms with E-state index in [2.05, 4.69) is 216 Å². The standard InChI is InChI=1S/C53H34BrN5/c54-49-50(56-41-25-9-1-17-33(41)34-18-2-10-26-42(34)56)52(58-45-29-13-5-21-37(45)38-22-6-14-30-46(38)58)55-53(59-47-31-15-7-23-39(47)40-24-8-16-32-48(40)59)51(49)57-43-27-11-3-19-35(43)36-20-4-12-28-44(36)57/h1-3,5-11,13-32H,4,12H2. The molecule has 13 rings (SSSR count). The van der Waals surface area contributed by atoms with Crippen molar-refractivity contribution in [2.24, 2.45) is 0 Å². The summed E-state index contributed by atoms with van der Waals surface area (Å²) in [7, 11) is 0. The third-order valence-corrected chi connectivity index (χ3v) is 13.2. The summed E-state index contributed by atoms with van der Waals surface area (Å²) in [5.74, 6) is 1.68. The Morgan fingerprint density at radius 2 is 0.644 bits per heavy atom. The highest BCUT2D eigenvalue weighted by Crippen LogP contribution is 2.45. The van der Waals surface area contributed by atoms with Crippen molar-refractivity contribution in [2.45, 2.75) is 12.8 Å². The minimum Gasteiger partial charge on any atom is -0.305 e. The molecule has 278 valence electrons. The molecule has 59 heavy (non-hydrogen) atoms. The SMILES string of the molecule is Brc1c(-n2c3c(c4ccccc42)=CCCC=3)c(-n2c3ccccc3c3ccccc32)nc(-n2c3ccccc3c3ccccc32)c1-n1c2ccccc2c2ccccc21. The zero-order valence-electron chi connectivity index (χ0n) is 31.8. The molecule has 5 aromatic heterocycles. The van der Waals surface area contributed by atoms with Gasteiger partial charge >= 0.3 is 0 Å². The highest BCUT2D eigenvalue weighted by Gasteiger charge is 2.30. The van der Waals surface area contributed by atoms with E-state index in [9.17, 15) is 0 Å². The lowest BCUT2D eigenvalue weighted by Crippen LogP contribution is -2.31. The minimum atomic E-state index is 0.835. The van der Waals surface area contributed by atoms with Gasteiger partial charge in [0.25, 0.3) is 0 Å². The van der Waals surface area contributed by atoms with Crippen molar-refractivity contribution in [1.82, 2.24) is 23.3 Å². The molecule has 5 nitrogen and oxygen atoms in total. The molecular weight excluding hydrogens is 787 g/mol. The van der Waals surface area contributed by atoms with Crippen LogP contribution in [-0.4, -0.2) is 23.3 Å². The Labute approximate surface area is 346 Å². The van der Waals surface area contributed by atoms with E-state index in [1.165, 1.54) is 48.3 Å². The Bertz CT molecular complexity index is 3720. The number of rotatable bonds is 4.